The largest absolute Gasteiger partial charge is 0.270 e. The van der Waals surface area contributed by atoms with Crippen LogP contribution in [-0.4, -0.2) is 14.7 Å². The second-order valence-corrected chi connectivity index (χ2v) is 4.22. The number of nitrogens with zero attached hydrogens (tertiary/aromatic N) is 3. The Hall–Kier alpha value is -1.88. The van der Waals surface area contributed by atoms with E-state index in [2.05, 4.69) is 11.7 Å². The summed E-state index contributed by atoms with van der Waals surface area (Å²) in [6.07, 6.45) is 0. The van der Waals surface area contributed by atoms with Crippen molar-refractivity contribution >= 4 is 28.2 Å². The van der Waals surface area contributed by atoms with Gasteiger partial charge in [0.25, 0.3) is 5.69 Å². The maximum atomic E-state index is 10.7. The Morgan fingerprint density at radius 2 is 2.35 bits per heavy atom. The molecule has 6 heteroatoms. The Labute approximate surface area is 102 Å². The highest BCUT2D eigenvalue weighted by Gasteiger charge is 2.13. The molecule has 0 radical (unpaired) electrons. The molecule has 0 N–H and O–H groups in total. The van der Waals surface area contributed by atoms with Crippen molar-refractivity contribution in [3.63, 3.8) is 0 Å². The quantitative estimate of drug-likeness (QED) is 0.478. The van der Waals surface area contributed by atoms with Crippen LogP contribution in [0.3, 0.4) is 0 Å². The Morgan fingerprint density at radius 1 is 1.65 bits per heavy atom. The lowest BCUT2D eigenvalue weighted by Crippen LogP contribution is -2.00. The van der Waals surface area contributed by atoms with Crippen LogP contribution >= 0.6 is 11.6 Å². The van der Waals surface area contributed by atoms with E-state index in [0.717, 1.165) is 11.1 Å². The molecule has 0 saturated heterocycles. The van der Waals surface area contributed by atoms with E-state index in [9.17, 15) is 10.1 Å². The van der Waals surface area contributed by atoms with Crippen molar-refractivity contribution in [2.45, 2.75) is 13.5 Å². The summed E-state index contributed by atoms with van der Waals surface area (Å²) in [5.74, 6) is 0. The zero-order valence-electron chi connectivity index (χ0n) is 9.18. The van der Waals surface area contributed by atoms with Crippen LogP contribution in [0.4, 0.5) is 5.69 Å². The number of non-ortho nitro benzene ring substituents is 1. The summed E-state index contributed by atoms with van der Waals surface area (Å²) in [4.78, 5) is 10.2. The molecule has 88 valence electrons. The molecule has 1 aromatic heterocycles. The number of rotatable bonds is 3. The molecule has 0 unspecified atom stereocenters. The number of nitro groups is 1. The molecule has 0 fully saturated rings. The molecule has 0 saturated carbocycles. The number of hydrogen-bond donors (Lipinski definition) is 0. The molecular formula is C11H10ClN3O2. The Kier molecular flexibility index (Phi) is 2.85. The molecule has 0 atom stereocenters. The van der Waals surface area contributed by atoms with Crippen molar-refractivity contribution in [1.29, 1.82) is 0 Å². The van der Waals surface area contributed by atoms with Gasteiger partial charge in [0.15, 0.2) is 5.15 Å². The average molecular weight is 252 g/mol. The minimum absolute atomic E-state index is 0.00859. The molecule has 1 heterocycles. The van der Waals surface area contributed by atoms with Gasteiger partial charge in [0.2, 0.25) is 0 Å². The smallest absolute Gasteiger partial charge is 0.259 e. The van der Waals surface area contributed by atoms with E-state index < -0.39 is 4.92 Å². The fourth-order valence-corrected chi connectivity index (χ4v) is 1.86. The number of benzene rings is 1. The predicted octanol–water partition coefficient (Wildman–Crippen LogP) is 3.17. The molecule has 0 spiro atoms. The lowest BCUT2D eigenvalue weighted by atomic mass is 10.2. The second kappa shape index (κ2) is 4.18. The van der Waals surface area contributed by atoms with E-state index in [-0.39, 0.29) is 10.8 Å². The van der Waals surface area contributed by atoms with Gasteiger partial charge in [0.1, 0.15) is 0 Å². The summed E-state index contributed by atoms with van der Waals surface area (Å²) in [6, 6.07) is 4.52. The zero-order chi connectivity index (χ0) is 12.6. The minimum atomic E-state index is -0.453. The highest BCUT2D eigenvalue weighted by molar-refractivity contribution is 6.34. The van der Waals surface area contributed by atoms with Crippen LogP contribution < -0.4 is 0 Å². The van der Waals surface area contributed by atoms with Crippen molar-refractivity contribution < 1.29 is 4.92 Å². The lowest BCUT2D eigenvalue weighted by Gasteiger charge is -2.01. The Morgan fingerprint density at radius 3 is 2.94 bits per heavy atom. The van der Waals surface area contributed by atoms with E-state index in [4.69, 9.17) is 11.6 Å². The molecule has 5 nitrogen and oxygen atoms in total. The number of allylic oxidation sites excluding steroid dienone is 1. The van der Waals surface area contributed by atoms with Crippen LogP contribution in [0, 0.1) is 10.1 Å². The van der Waals surface area contributed by atoms with Gasteiger partial charge in [0.05, 0.1) is 17.0 Å². The van der Waals surface area contributed by atoms with Crippen molar-refractivity contribution in [1.82, 2.24) is 9.78 Å². The summed E-state index contributed by atoms with van der Waals surface area (Å²) in [6.45, 7) is 6.22. The standard InChI is InChI=1S/C11H10ClN3O2/c1-7(2)6-14-10-4-3-8(15(16)17)5-9(10)11(12)13-14/h3-5H,1,6H2,2H3. The SMILES string of the molecule is C=C(C)Cn1nc(Cl)c2cc([N+](=O)[O-])ccc21. The molecule has 0 aliphatic carbocycles. The molecule has 2 rings (SSSR count). The molecule has 1 aromatic carbocycles. The second-order valence-electron chi connectivity index (χ2n) is 3.86. The van der Waals surface area contributed by atoms with Crippen LogP contribution in [0.5, 0.6) is 0 Å². The summed E-state index contributed by atoms with van der Waals surface area (Å²) < 4.78 is 1.68. The first-order valence-electron chi connectivity index (χ1n) is 4.94. The third kappa shape index (κ3) is 2.14. The first-order chi connectivity index (χ1) is 7.99. The molecule has 0 bridgehead atoms. The van der Waals surface area contributed by atoms with Gasteiger partial charge in [-0.25, -0.2) is 0 Å². The number of fused-ring (bicyclic) bond motifs is 1. The van der Waals surface area contributed by atoms with Gasteiger partial charge in [-0.2, -0.15) is 5.10 Å². The van der Waals surface area contributed by atoms with Crippen LogP contribution in [-0.2, 0) is 6.54 Å². The first-order valence-corrected chi connectivity index (χ1v) is 5.31. The van der Waals surface area contributed by atoms with Gasteiger partial charge < -0.3 is 0 Å². The van der Waals surface area contributed by atoms with E-state index >= 15 is 0 Å². The van der Waals surface area contributed by atoms with Gasteiger partial charge in [-0.1, -0.05) is 23.8 Å². The van der Waals surface area contributed by atoms with E-state index in [1.165, 1.54) is 12.1 Å². The normalized spacial score (nSPS) is 10.7. The summed E-state index contributed by atoms with van der Waals surface area (Å²) >= 11 is 5.95. The van der Waals surface area contributed by atoms with Crippen LogP contribution in [0.15, 0.2) is 30.4 Å². The maximum absolute atomic E-state index is 10.7. The van der Waals surface area contributed by atoms with Gasteiger partial charge in [-0.05, 0) is 13.0 Å². The van der Waals surface area contributed by atoms with E-state index in [1.54, 1.807) is 10.7 Å². The number of hydrogen-bond acceptors (Lipinski definition) is 3. The van der Waals surface area contributed by atoms with Gasteiger partial charge in [-0.3, -0.25) is 14.8 Å². The highest BCUT2D eigenvalue weighted by Crippen LogP contribution is 2.27. The summed E-state index contributed by atoms with van der Waals surface area (Å²) in [5.41, 5.74) is 1.71. The average Bonchev–Trinajstić information content (AvgIpc) is 2.54. The monoisotopic (exact) mass is 251 g/mol. The van der Waals surface area contributed by atoms with Crippen LogP contribution in [0.1, 0.15) is 6.92 Å². The first kappa shape index (κ1) is 11.6. The van der Waals surface area contributed by atoms with Gasteiger partial charge in [-0.15, -0.1) is 0 Å². The lowest BCUT2D eigenvalue weighted by molar-refractivity contribution is -0.384. The fourth-order valence-electron chi connectivity index (χ4n) is 1.62. The third-order valence-corrected chi connectivity index (χ3v) is 2.60. The van der Waals surface area contributed by atoms with E-state index in [0.29, 0.717) is 11.9 Å². The fraction of sp³-hybridized carbons (Fsp3) is 0.182. The molecule has 0 amide bonds. The molecule has 17 heavy (non-hydrogen) atoms. The van der Waals surface area contributed by atoms with Crippen molar-refractivity contribution in [2.75, 3.05) is 0 Å². The summed E-state index contributed by atoms with van der Waals surface area (Å²) in [5, 5.41) is 15.6. The number of halogens is 1. The Balaban J connectivity index is 2.60. The van der Waals surface area contributed by atoms with Crippen molar-refractivity contribution in [2.24, 2.45) is 0 Å². The Bertz CT molecular complexity index is 618. The van der Waals surface area contributed by atoms with Crippen molar-refractivity contribution in [3.05, 3.63) is 45.6 Å². The molecule has 0 aliphatic heterocycles. The number of nitro benzene ring substituents is 1. The van der Waals surface area contributed by atoms with Gasteiger partial charge >= 0.3 is 0 Å². The highest BCUT2D eigenvalue weighted by atomic mass is 35.5. The maximum Gasteiger partial charge on any atom is 0.270 e. The molecule has 2 aromatic rings. The third-order valence-electron chi connectivity index (χ3n) is 2.32. The zero-order valence-corrected chi connectivity index (χ0v) is 9.94. The minimum Gasteiger partial charge on any atom is -0.259 e. The van der Waals surface area contributed by atoms with Crippen LogP contribution in [0.2, 0.25) is 5.15 Å². The van der Waals surface area contributed by atoms with E-state index in [1.807, 2.05) is 6.92 Å². The topological polar surface area (TPSA) is 61.0 Å². The van der Waals surface area contributed by atoms with Crippen LogP contribution in [0.25, 0.3) is 10.9 Å². The number of aromatic nitrogens is 2. The molecular weight excluding hydrogens is 242 g/mol. The predicted molar refractivity (Wildman–Crippen MR) is 66.2 cm³/mol. The van der Waals surface area contributed by atoms with Gasteiger partial charge in [0, 0.05) is 17.5 Å². The summed E-state index contributed by atoms with van der Waals surface area (Å²) in [7, 11) is 0. The molecule has 0 aliphatic rings. The van der Waals surface area contributed by atoms with Crippen molar-refractivity contribution in [3.8, 4) is 0 Å².